The number of fused-ring (bicyclic) bond motifs is 1. The molecule has 4 nitrogen and oxygen atoms in total. The smallest absolute Gasteiger partial charge is 0.256 e. The molecular weight excluding hydrogens is 234 g/mol. The Hall–Kier alpha value is -1.88. The quantitative estimate of drug-likeness (QED) is 0.804. The highest BCUT2D eigenvalue weighted by Gasteiger charge is 2.42. The van der Waals surface area contributed by atoms with Crippen LogP contribution in [-0.2, 0) is 10.3 Å². The van der Waals surface area contributed by atoms with Crippen LogP contribution in [0.4, 0.5) is 0 Å². The van der Waals surface area contributed by atoms with Crippen LogP contribution in [0.1, 0.15) is 11.8 Å². The molecule has 0 bridgehead atoms. The number of pyridine rings is 1. The third-order valence-electron chi connectivity index (χ3n) is 2.93. The summed E-state index contributed by atoms with van der Waals surface area (Å²) >= 11 is 1.59. The molecule has 3 heterocycles. The van der Waals surface area contributed by atoms with E-state index >= 15 is 0 Å². The van der Waals surface area contributed by atoms with Gasteiger partial charge in [0.2, 0.25) is 0 Å². The van der Waals surface area contributed by atoms with Crippen molar-refractivity contribution in [2.24, 2.45) is 0 Å². The van der Waals surface area contributed by atoms with E-state index < -0.39 is 5.54 Å². The molecule has 5 heteroatoms. The fraction of sp³-hybridized carbons (Fsp3) is 0.167. The molecule has 0 radical (unpaired) electrons. The number of thiophene rings is 1. The predicted molar refractivity (Wildman–Crippen MR) is 67.4 cm³/mol. The van der Waals surface area contributed by atoms with E-state index in [2.05, 4.69) is 22.2 Å². The number of carbonyl (C=O) groups is 1. The van der Waals surface area contributed by atoms with Gasteiger partial charge in [0.25, 0.3) is 5.91 Å². The Morgan fingerprint density at radius 1 is 1.53 bits per heavy atom. The number of hydrogen-bond donors (Lipinski definition) is 2. The molecule has 0 aromatic carbocycles. The Balaban J connectivity index is 2.15. The van der Waals surface area contributed by atoms with Gasteiger partial charge >= 0.3 is 0 Å². The molecule has 1 aliphatic heterocycles. The first-order chi connectivity index (χ1) is 8.09. The molecule has 1 saturated heterocycles. The Labute approximate surface area is 102 Å². The molecule has 3 rings (SSSR count). The van der Waals surface area contributed by atoms with E-state index in [0.717, 1.165) is 15.0 Å². The van der Waals surface area contributed by atoms with Crippen molar-refractivity contribution in [2.75, 3.05) is 0 Å². The topological polar surface area (TPSA) is 54.0 Å². The Morgan fingerprint density at radius 2 is 2.35 bits per heavy atom. The lowest BCUT2D eigenvalue weighted by Crippen LogP contribution is -2.38. The Bertz CT molecular complexity index is 600. The lowest BCUT2D eigenvalue weighted by Gasteiger charge is -2.19. The number of carbonyl (C=O) groups excluding carboxylic acids is 1. The molecule has 0 saturated carbocycles. The number of amides is 1. The molecule has 1 unspecified atom stereocenters. The van der Waals surface area contributed by atoms with Crippen molar-refractivity contribution in [3.05, 3.63) is 41.8 Å². The monoisotopic (exact) mass is 245 g/mol. The normalized spacial score (nSPS) is 23.8. The largest absolute Gasteiger partial charge is 0.354 e. The van der Waals surface area contributed by atoms with Crippen molar-refractivity contribution >= 4 is 27.3 Å². The third-order valence-corrected chi connectivity index (χ3v) is 4.27. The van der Waals surface area contributed by atoms with Gasteiger partial charge in [-0.2, -0.15) is 0 Å². The number of rotatable bonds is 1. The van der Waals surface area contributed by atoms with Gasteiger partial charge in [-0.15, -0.1) is 11.3 Å². The molecule has 1 aliphatic rings. The van der Waals surface area contributed by atoms with Crippen LogP contribution < -0.4 is 10.6 Å². The zero-order valence-electron chi connectivity index (χ0n) is 9.28. The first-order valence-electron chi connectivity index (χ1n) is 5.22. The average molecular weight is 245 g/mol. The first kappa shape index (κ1) is 10.3. The molecule has 1 fully saturated rings. The van der Waals surface area contributed by atoms with Crippen molar-refractivity contribution < 1.29 is 4.79 Å². The van der Waals surface area contributed by atoms with Gasteiger partial charge in [-0.3, -0.25) is 9.78 Å². The third kappa shape index (κ3) is 1.43. The summed E-state index contributed by atoms with van der Waals surface area (Å²) in [5.74, 6) is 0.482. The zero-order valence-corrected chi connectivity index (χ0v) is 10.1. The molecule has 1 atom stereocenters. The number of nitrogens with one attached hydrogen (secondary N) is 2. The minimum absolute atomic E-state index is 0.0676. The van der Waals surface area contributed by atoms with Crippen molar-refractivity contribution in [1.82, 2.24) is 15.6 Å². The summed E-state index contributed by atoms with van der Waals surface area (Å²) in [5.41, 5.74) is -0.721. The van der Waals surface area contributed by atoms with Gasteiger partial charge in [0.15, 0.2) is 0 Å². The van der Waals surface area contributed by atoms with Crippen LogP contribution in [0, 0.1) is 0 Å². The Morgan fingerprint density at radius 3 is 3.00 bits per heavy atom. The fourth-order valence-corrected chi connectivity index (χ4v) is 3.09. The standard InChI is InChI=1S/C12H11N3OS/c1-7-14-11(16)12(2,15-7)10-5-8-6-13-4-3-9(8)17-10/h3-6,15H,1H2,2H3,(H,14,16). The maximum atomic E-state index is 11.9. The van der Waals surface area contributed by atoms with E-state index in [-0.39, 0.29) is 5.91 Å². The van der Waals surface area contributed by atoms with Gasteiger partial charge in [-0.1, -0.05) is 6.58 Å². The molecule has 2 aromatic rings. The lowest BCUT2D eigenvalue weighted by atomic mass is 10.0. The molecule has 2 N–H and O–H groups in total. The number of aromatic nitrogens is 1. The van der Waals surface area contributed by atoms with Gasteiger partial charge in [-0.25, -0.2) is 0 Å². The van der Waals surface area contributed by atoms with E-state index in [4.69, 9.17) is 0 Å². The van der Waals surface area contributed by atoms with E-state index in [1.54, 1.807) is 23.7 Å². The van der Waals surface area contributed by atoms with Crippen molar-refractivity contribution in [1.29, 1.82) is 0 Å². The molecule has 2 aromatic heterocycles. The van der Waals surface area contributed by atoms with Crippen molar-refractivity contribution in [3.8, 4) is 0 Å². The molecule has 0 aliphatic carbocycles. The highest BCUT2D eigenvalue weighted by molar-refractivity contribution is 7.19. The summed E-state index contributed by atoms with van der Waals surface area (Å²) in [4.78, 5) is 17.0. The molecule has 17 heavy (non-hydrogen) atoms. The zero-order chi connectivity index (χ0) is 12.0. The second kappa shape index (κ2) is 3.30. The highest BCUT2D eigenvalue weighted by atomic mass is 32.1. The maximum Gasteiger partial charge on any atom is 0.256 e. The highest BCUT2D eigenvalue weighted by Crippen LogP contribution is 2.35. The van der Waals surface area contributed by atoms with E-state index in [0.29, 0.717) is 5.82 Å². The molecule has 86 valence electrons. The SMILES string of the molecule is C=C1NC(=O)C(C)(c2cc3cnccc3s2)N1. The van der Waals surface area contributed by atoms with Gasteiger partial charge in [-0.05, 0) is 19.1 Å². The summed E-state index contributed by atoms with van der Waals surface area (Å²) in [7, 11) is 0. The second-order valence-electron chi connectivity index (χ2n) is 4.21. The number of nitrogens with zero attached hydrogens (tertiary/aromatic N) is 1. The maximum absolute atomic E-state index is 11.9. The van der Waals surface area contributed by atoms with Crippen LogP contribution in [0.5, 0.6) is 0 Å². The Kier molecular flexibility index (Phi) is 2.00. The molecule has 1 amide bonds. The lowest BCUT2D eigenvalue weighted by molar-refractivity contribution is -0.123. The summed E-state index contributed by atoms with van der Waals surface area (Å²) in [6.45, 7) is 5.59. The van der Waals surface area contributed by atoms with Gasteiger partial charge in [0, 0.05) is 27.4 Å². The van der Waals surface area contributed by atoms with Crippen LogP contribution in [0.15, 0.2) is 36.9 Å². The van der Waals surface area contributed by atoms with E-state index in [1.165, 1.54) is 0 Å². The van der Waals surface area contributed by atoms with Gasteiger partial charge in [0.05, 0.1) is 5.82 Å². The first-order valence-corrected chi connectivity index (χ1v) is 6.04. The van der Waals surface area contributed by atoms with Crippen LogP contribution in [0.2, 0.25) is 0 Å². The summed E-state index contributed by atoms with van der Waals surface area (Å²) in [5, 5.41) is 6.85. The average Bonchev–Trinajstić information content (AvgIpc) is 2.81. The number of hydrogen-bond acceptors (Lipinski definition) is 4. The summed E-state index contributed by atoms with van der Waals surface area (Å²) < 4.78 is 1.13. The van der Waals surface area contributed by atoms with Crippen LogP contribution >= 0.6 is 11.3 Å². The van der Waals surface area contributed by atoms with Gasteiger partial charge in [0.1, 0.15) is 5.54 Å². The van der Waals surface area contributed by atoms with Crippen LogP contribution in [-0.4, -0.2) is 10.9 Å². The molecule has 0 spiro atoms. The minimum atomic E-state index is -0.721. The minimum Gasteiger partial charge on any atom is -0.354 e. The summed E-state index contributed by atoms with van der Waals surface area (Å²) in [6, 6.07) is 3.95. The predicted octanol–water partition coefficient (Wildman–Crippen LogP) is 1.70. The van der Waals surface area contributed by atoms with E-state index in [1.807, 2.05) is 19.1 Å². The fourth-order valence-electron chi connectivity index (χ4n) is 1.96. The van der Waals surface area contributed by atoms with Crippen LogP contribution in [0.3, 0.4) is 0 Å². The second-order valence-corrected chi connectivity index (χ2v) is 5.29. The van der Waals surface area contributed by atoms with Crippen molar-refractivity contribution in [2.45, 2.75) is 12.5 Å². The van der Waals surface area contributed by atoms with E-state index in [9.17, 15) is 4.79 Å². The molecular formula is C12H11N3OS. The summed E-state index contributed by atoms with van der Waals surface area (Å²) in [6.07, 6.45) is 3.56. The van der Waals surface area contributed by atoms with Crippen molar-refractivity contribution in [3.63, 3.8) is 0 Å². The van der Waals surface area contributed by atoms with Crippen LogP contribution in [0.25, 0.3) is 10.1 Å². The van der Waals surface area contributed by atoms with Gasteiger partial charge < -0.3 is 10.6 Å².